The third-order valence-electron chi connectivity index (χ3n) is 6.17. The number of benzene rings is 2. The molecule has 0 amide bonds. The highest BCUT2D eigenvalue weighted by molar-refractivity contribution is 7.80. The van der Waals surface area contributed by atoms with Crippen LogP contribution in [-0.4, -0.2) is 19.8 Å². The molecule has 1 aliphatic heterocycles. The van der Waals surface area contributed by atoms with Gasteiger partial charge in [0.25, 0.3) is 0 Å². The Balaban J connectivity index is 1.69. The zero-order valence-electron chi connectivity index (χ0n) is 18.5. The number of phenols is 1. The van der Waals surface area contributed by atoms with Crippen LogP contribution in [0.4, 0.5) is 5.69 Å². The van der Waals surface area contributed by atoms with Gasteiger partial charge in [0.05, 0.1) is 28.5 Å². The summed E-state index contributed by atoms with van der Waals surface area (Å²) in [5, 5.41) is 15.1. The molecule has 1 saturated heterocycles. The van der Waals surface area contributed by atoms with Crippen LogP contribution in [0.3, 0.4) is 0 Å². The standard InChI is InChI=1S/C26H22Cl2N4OS/c1-15-13-20(16(2)31(15)23-11-6-17(27)14-21(23)28)25-24(22-5-3-4-12-29-22)30-26(34)32(25)18-7-9-19(33)10-8-18/h3-14,24-25,33H,1-2H3,(H,30,34)/t24-,25+/m0/s1. The molecular weight excluding hydrogens is 487 g/mol. The SMILES string of the molecule is Cc1cc([C@@H]2[C@H](c3ccccn3)NC(=S)N2c2ccc(O)cc2)c(C)n1-c1ccc(Cl)cc1Cl. The number of nitrogens with one attached hydrogen (secondary N) is 1. The number of pyridine rings is 1. The van der Waals surface area contributed by atoms with Crippen molar-refractivity contribution in [2.45, 2.75) is 25.9 Å². The molecule has 4 aromatic rings. The molecule has 2 aromatic carbocycles. The van der Waals surface area contributed by atoms with E-state index >= 15 is 0 Å². The summed E-state index contributed by atoms with van der Waals surface area (Å²) in [5.74, 6) is 0.204. The number of rotatable bonds is 4. The van der Waals surface area contributed by atoms with Crippen molar-refractivity contribution < 1.29 is 5.11 Å². The first-order chi connectivity index (χ1) is 16.3. The van der Waals surface area contributed by atoms with E-state index in [4.69, 9.17) is 35.4 Å². The molecule has 0 bridgehead atoms. The van der Waals surface area contributed by atoms with Crippen LogP contribution in [0, 0.1) is 13.8 Å². The molecule has 3 heterocycles. The highest BCUT2D eigenvalue weighted by Gasteiger charge is 2.42. The average Bonchev–Trinajstić information content (AvgIpc) is 3.31. The van der Waals surface area contributed by atoms with Crippen LogP contribution in [0.5, 0.6) is 5.75 Å². The Bertz CT molecular complexity index is 1370. The second-order valence-electron chi connectivity index (χ2n) is 8.27. The lowest BCUT2D eigenvalue weighted by Gasteiger charge is -2.28. The Morgan fingerprint density at radius 1 is 1.00 bits per heavy atom. The van der Waals surface area contributed by atoms with Crippen molar-refractivity contribution >= 4 is 46.2 Å². The van der Waals surface area contributed by atoms with Crippen LogP contribution >= 0.6 is 35.4 Å². The fraction of sp³-hybridized carbons (Fsp3) is 0.154. The summed E-state index contributed by atoms with van der Waals surface area (Å²) in [6.07, 6.45) is 1.79. The molecule has 172 valence electrons. The Morgan fingerprint density at radius 3 is 2.44 bits per heavy atom. The number of halogens is 2. The lowest BCUT2D eigenvalue weighted by molar-refractivity contribution is 0.475. The molecule has 0 aliphatic carbocycles. The number of aryl methyl sites for hydroxylation is 1. The van der Waals surface area contributed by atoms with Crippen molar-refractivity contribution in [3.8, 4) is 11.4 Å². The van der Waals surface area contributed by atoms with E-state index in [0.29, 0.717) is 15.2 Å². The first-order valence-electron chi connectivity index (χ1n) is 10.8. The summed E-state index contributed by atoms with van der Waals surface area (Å²) in [5.41, 5.74) is 5.83. The van der Waals surface area contributed by atoms with Gasteiger partial charge in [0.1, 0.15) is 5.75 Å². The fourth-order valence-corrected chi connectivity index (χ4v) is 5.52. The summed E-state index contributed by atoms with van der Waals surface area (Å²) >= 11 is 18.5. The zero-order valence-corrected chi connectivity index (χ0v) is 20.9. The van der Waals surface area contributed by atoms with Crippen LogP contribution in [0.15, 0.2) is 72.9 Å². The van der Waals surface area contributed by atoms with Gasteiger partial charge in [-0.15, -0.1) is 0 Å². The highest BCUT2D eigenvalue weighted by atomic mass is 35.5. The van der Waals surface area contributed by atoms with Gasteiger partial charge < -0.3 is 19.9 Å². The maximum atomic E-state index is 9.83. The second kappa shape index (κ2) is 8.95. The number of thiocarbonyl (C=S) groups is 1. The third kappa shape index (κ3) is 3.92. The number of phenolic OH excluding ortho intramolecular Hbond substituents is 1. The van der Waals surface area contributed by atoms with Gasteiger partial charge in [0.2, 0.25) is 0 Å². The van der Waals surface area contributed by atoms with E-state index in [1.165, 1.54) is 0 Å². The summed E-state index contributed by atoms with van der Waals surface area (Å²) in [7, 11) is 0. The molecule has 1 aliphatic rings. The highest BCUT2D eigenvalue weighted by Crippen LogP contribution is 2.44. The van der Waals surface area contributed by atoms with E-state index in [2.05, 4.69) is 39.7 Å². The molecule has 2 N–H and O–H groups in total. The predicted molar refractivity (Wildman–Crippen MR) is 141 cm³/mol. The number of aromatic hydroxyl groups is 1. The average molecular weight is 509 g/mol. The number of anilines is 1. The number of nitrogens with zero attached hydrogens (tertiary/aromatic N) is 3. The van der Waals surface area contributed by atoms with Gasteiger partial charge in [-0.1, -0.05) is 29.3 Å². The van der Waals surface area contributed by atoms with E-state index in [-0.39, 0.29) is 17.8 Å². The molecule has 5 rings (SSSR count). The maximum Gasteiger partial charge on any atom is 0.174 e. The zero-order chi connectivity index (χ0) is 24.0. The van der Waals surface area contributed by atoms with Crippen molar-refractivity contribution in [2.75, 3.05) is 4.90 Å². The summed E-state index contributed by atoms with van der Waals surface area (Å²) in [6, 6.07) is 20.3. The van der Waals surface area contributed by atoms with Crippen LogP contribution in [-0.2, 0) is 0 Å². The quantitative estimate of drug-likeness (QED) is 0.301. The Labute approximate surface area is 213 Å². The third-order valence-corrected chi connectivity index (χ3v) is 7.02. The molecule has 0 radical (unpaired) electrons. The number of aromatic nitrogens is 2. The minimum atomic E-state index is -0.169. The molecule has 2 atom stereocenters. The van der Waals surface area contributed by atoms with E-state index in [9.17, 15) is 5.11 Å². The number of hydrogen-bond donors (Lipinski definition) is 2. The van der Waals surface area contributed by atoms with Crippen LogP contribution in [0.2, 0.25) is 10.0 Å². The second-order valence-corrected chi connectivity index (χ2v) is 9.50. The van der Waals surface area contributed by atoms with Crippen molar-refractivity contribution in [2.24, 2.45) is 0 Å². The van der Waals surface area contributed by atoms with Gasteiger partial charge in [0.15, 0.2) is 5.11 Å². The topological polar surface area (TPSA) is 53.3 Å². The monoisotopic (exact) mass is 508 g/mol. The molecule has 1 fully saturated rings. The lowest BCUT2D eigenvalue weighted by atomic mass is 9.96. The molecule has 34 heavy (non-hydrogen) atoms. The van der Waals surface area contributed by atoms with Gasteiger partial charge in [0, 0.05) is 28.3 Å². The lowest BCUT2D eigenvalue weighted by Crippen LogP contribution is -2.29. The van der Waals surface area contributed by atoms with E-state index < -0.39 is 0 Å². The van der Waals surface area contributed by atoms with Crippen molar-refractivity contribution in [1.82, 2.24) is 14.9 Å². The van der Waals surface area contributed by atoms with E-state index in [1.54, 1.807) is 24.4 Å². The normalized spacial score (nSPS) is 17.8. The van der Waals surface area contributed by atoms with E-state index in [1.807, 2.05) is 42.5 Å². The predicted octanol–water partition coefficient (Wildman–Crippen LogP) is 6.68. The largest absolute Gasteiger partial charge is 0.508 e. The minimum absolute atomic E-state index is 0.169. The summed E-state index contributed by atoms with van der Waals surface area (Å²) in [4.78, 5) is 6.71. The Hall–Kier alpha value is -3.06. The van der Waals surface area contributed by atoms with Crippen LogP contribution in [0.1, 0.15) is 34.7 Å². The smallest absolute Gasteiger partial charge is 0.174 e. The minimum Gasteiger partial charge on any atom is -0.508 e. The molecule has 0 spiro atoms. The number of hydrogen-bond acceptors (Lipinski definition) is 3. The van der Waals surface area contributed by atoms with Gasteiger partial charge in [-0.3, -0.25) is 4.98 Å². The van der Waals surface area contributed by atoms with Gasteiger partial charge in [-0.25, -0.2) is 0 Å². The fourth-order valence-electron chi connectivity index (χ4n) is 4.68. The molecule has 0 unspecified atom stereocenters. The molecule has 5 nitrogen and oxygen atoms in total. The summed E-state index contributed by atoms with van der Waals surface area (Å²) in [6.45, 7) is 4.14. The van der Waals surface area contributed by atoms with Crippen LogP contribution < -0.4 is 10.2 Å². The van der Waals surface area contributed by atoms with Crippen molar-refractivity contribution in [1.29, 1.82) is 0 Å². The van der Waals surface area contributed by atoms with Crippen LogP contribution in [0.25, 0.3) is 5.69 Å². The molecule has 8 heteroatoms. The Kier molecular flexibility index (Phi) is 5.98. The first kappa shape index (κ1) is 22.7. The van der Waals surface area contributed by atoms with Crippen molar-refractivity contribution in [3.63, 3.8) is 0 Å². The first-order valence-corrected chi connectivity index (χ1v) is 12.0. The molecule has 2 aromatic heterocycles. The summed E-state index contributed by atoms with van der Waals surface area (Å²) < 4.78 is 2.14. The van der Waals surface area contributed by atoms with Gasteiger partial charge in [-0.2, -0.15) is 0 Å². The van der Waals surface area contributed by atoms with Gasteiger partial charge in [-0.05, 0) is 92.3 Å². The molecule has 0 saturated carbocycles. The maximum absolute atomic E-state index is 9.83. The van der Waals surface area contributed by atoms with Crippen molar-refractivity contribution in [3.05, 3.63) is 106 Å². The Morgan fingerprint density at radius 2 is 1.76 bits per heavy atom. The van der Waals surface area contributed by atoms with E-state index in [0.717, 1.165) is 34.0 Å². The molecular formula is C26H22Cl2N4OS. The van der Waals surface area contributed by atoms with Gasteiger partial charge >= 0.3 is 0 Å².